The van der Waals surface area contributed by atoms with E-state index in [2.05, 4.69) is 31.9 Å². The van der Waals surface area contributed by atoms with Gasteiger partial charge in [-0.3, -0.25) is 18.7 Å². The van der Waals surface area contributed by atoms with E-state index in [9.17, 15) is 18.7 Å². The third-order valence-electron chi connectivity index (χ3n) is 1.23. The van der Waals surface area contributed by atoms with Gasteiger partial charge < -0.3 is 0 Å². The van der Waals surface area contributed by atoms with Crippen molar-refractivity contribution in [3.63, 3.8) is 0 Å². The summed E-state index contributed by atoms with van der Waals surface area (Å²) in [7, 11) is -3.70. The average molecular weight is 338 g/mol. The highest BCUT2D eigenvalue weighted by molar-refractivity contribution is 9.09. The second-order valence-corrected chi connectivity index (χ2v) is 5.77. The Balaban J connectivity index is 4.36. The smallest absolute Gasteiger partial charge is 0.247 e. The van der Waals surface area contributed by atoms with Crippen LogP contribution in [0.15, 0.2) is 0 Å². The maximum atomic E-state index is 11.1. The van der Waals surface area contributed by atoms with E-state index >= 15 is 0 Å². The molecular formula is C6H10Br2O4S. The zero-order chi connectivity index (χ0) is 10.5. The first kappa shape index (κ1) is 13.6. The summed E-state index contributed by atoms with van der Waals surface area (Å²) in [5, 5.41) is -0.947. The lowest BCUT2D eigenvalue weighted by Crippen LogP contribution is -2.20. The molecule has 0 aliphatic rings. The fourth-order valence-electron chi connectivity index (χ4n) is 0.566. The minimum Gasteiger partial charge on any atom is -0.286 e. The molecule has 0 atom stereocenters. The summed E-state index contributed by atoms with van der Waals surface area (Å²) >= 11 is 5.96. The van der Waals surface area contributed by atoms with Gasteiger partial charge in [-0.05, 0) is 0 Å². The van der Waals surface area contributed by atoms with Crippen molar-refractivity contribution in [2.24, 2.45) is 0 Å². The van der Waals surface area contributed by atoms with E-state index in [-0.39, 0.29) is 12.8 Å². The number of halogens is 2. The largest absolute Gasteiger partial charge is 0.286 e. The first-order valence-electron chi connectivity index (χ1n) is 3.42. The van der Waals surface area contributed by atoms with Crippen LogP contribution in [0, 0.1) is 0 Å². The molecule has 0 radical (unpaired) electrons. The standard InChI is InChI=1S/C6H10Br2O4S/c7-3-1-5(9)13(11,12)6(10)2-4-8/h11-12H,1-4H2. The van der Waals surface area contributed by atoms with E-state index in [1.54, 1.807) is 0 Å². The Hall–Kier alpha value is 0.570. The number of alkyl halides is 2. The molecule has 0 rings (SSSR count). The predicted molar refractivity (Wildman–Crippen MR) is 59.7 cm³/mol. The second kappa shape index (κ2) is 6.13. The van der Waals surface area contributed by atoms with E-state index in [1.165, 1.54) is 0 Å². The van der Waals surface area contributed by atoms with Crippen molar-refractivity contribution in [3.8, 4) is 0 Å². The van der Waals surface area contributed by atoms with Crippen LogP contribution in [0.2, 0.25) is 0 Å². The van der Waals surface area contributed by atoms with Crippen LogP contribution in [-0.2, 0) is 9.59 Å². The predicted octanol–water partition coefficient (Wildman–Crippen LogP) is 2.36. The molecule has 0 aromatic carbocycles. The molecule has 0 saturated heterocycles. The van der Waals surface area contributed by atoms with Gasteiger partial charge in [-0.15, -0.1) is 0 Å². The number of rotatable bonds is 4. The van der Waals surface area contributed by atoms with Gasteiger partial charge in [0.25, 0.3) is 0 Å². The van der Waals surface area contributed by atoms with Gasteiger partial charge in [0.1, 0.15) is 0 Å². The van der Waals surface area contributed by atoms with Crippen molar-refractivity contribution in [1.29, 1.82) is 0 Å². The van der Waals surface area contributed by atoms with Crippen LogP contribution in [0.3, 0.4) is 0 Å². The summed E-state index contributed by atoms with van der Waals surface area (Å²) in [6.45, 7) is 0. The molecule has 0 fully saturated rings. The van der Waals surface area contributed by atoms with Gasteiger partial charge >= 0.3 is 0 Å². The fourth-order valence-corrected chi connectivity index (χ4v) is 2.84. The third kappa shape index (κ3) is 4.07. The lowest BCUT2D eigenvalue weighted by atomic mass is 10.5. The monoisotopic (exact) mass is 336 g/mol. The SMILES string of the molecule is O=C(CCBr)S(O)(O)C(=O)CCBr. The number of hydrogen-bond donors (Lipinski definition) is 2. The minimum absolute atomic E-state index is 0.0453. The third-order valence-corrected chi connectivity index (χ3v) is 3.70. The van der Waals surface area contributed by atoms with Crippen molar-refractivity contribution >= 4 is 52.7 Å². The van der Waals surface area contributed by atoms with E-state index in [1.807, 2.05) is 0 Å². The molecule has 0 bridgehead atoms. The Morgan fingerprint density at radius 1 is 1.00 bits per heavy atom. The van der Waals surface area contributed by atoms with Crippen molar-refractivity contribution in [2.75, 3.05) is 10.7 Å². The number of carbonyl (C=O) groups excluding carboxylic acids is 2. The zero-order valence-corrected chi connectivity index (χ0v) is 10.7. The zero-order valence-electron chi connectivity index (χ0n) is 6.70. The molecule has 2 N–H and O–H groups in total. The number of hydrogen-bond acceptors (Lipinski definition) is 4. The summed E-state index contributed by atoms with van der Waals surface area (Å²) in [4.78, 5) is 22.1. The number of carbonyl (C=O) groups is 2. The van der Waals surface area contributed by atoms with Crippen molar-refractivity contribution in [3.05, 3.63) is 0 Å². The highest BCUT2D eigenvalue weighted by Crippen LogP contribution is 2.42. The molecule has 4 nitrogen and oxygen atoms in total. The summed E-state index contributed by atoms with van der Waals surface area (Å²) in [5.74, 6) is 0. The van der Waals surface area contributed by atoms with E-state index in [4.69, 9.17) is 0 Å². The van der Waals surface area contributed by atoms with Crippen LogP contribution in [0.25, 0.3) is 0 Å². The molecule has 0 amide bonds. The van der Waals surface area contributed by atoms with Crippen LogP contribution in [-0.4, -0.2) is 30.0 Å². The maximum absolute atomic E-state index is 11.1. The van der Waals surface area contributed by atoms with Gasteiger partial charge in [-0.25, -0.2) is 0 Å². The molecule has 0 spiro atoms. The van der Waals surface area contributed by atoms with Crippen LogP contribution in [0.1, 0.15) is 12.8 Å². The molecule has 0 aromatic heterocycles. The highest BCUT2D eigenvalue weighted by Gasteiger charge is 2.29. The molecule has 78 valence electrons. The molecule has 0 aromatic rings. The van der Waals surface area contributed by atoms with Crippen LogP contribution in [0.4, 0.5) is 0 Å². The first-order valence-corrected chi connectivity index (χ1v) is 7.21. The Morgan fingerprint density at radius 3 is 1.54 bits per heavy atom. The molecule has 0 aliphatic heterocycles. The van der Waals surface area contributed by atoms with Gasteiger partial charge in [0.2, 0.25) is 10.2 Å². The topological polar surface area (TPSA) is 74.6 Å². The highest BCUT2D eigenvalue weighted by atomic mass is 79.9. The Bertz CT molecular complexity index is 187. The Morgan fingerprint density at radius 2 is 1.31 bits per heavy atom. The van der Waals surface area contributed by atoms with Gasteiger partial charge in [0.15, 0.2) is 0 Å². The normalized spacial score (nSPS) is 12.6. The Kier molecular flexibility index (Phi) is 6.40. The summed E-state index contributed by atoms with van der Waals surface area (Å²) in [6.07, 6.45) is -0.0906. The van der Waals surface area contributed by atoms with Gasteiger partial charge in [-0.1, -0.05) is 42.4 Å². The van der Waals surface area contributed by atoms with Gasteiger partial charge in [0, 0.05) is 23.5 Å². The van der Waals surface area contributed by atoms with Crippen LogP contribution >= 0.6 is 42.4 Å². The molecule has 13 heavy (non-hydrogen) atoms. The summed E-state index contributed by atoms with van der Waals surface area (Å²) < 4.78 is 18.4. The Labute approximate surface area is 94.7 Å². The first-order chi connectivity index (χ1) is 5.96. The van der Waals surface area contributed by atoms with Gasteiger partial charge in [-0.2, -0.15) is 0 Å². The summed E-state index contributed by atoms with van der Waals surface area (Å²) in [6, 6.07) is 0. The molecule has 0 heterocycles. The van der Waals surface area contributed by atoms with Crippen molar-refractivity contribution in [1.82, 2.24) is 0 Å². The van der Waals surface area contributed by atoms with Crippen molar-refractivity contribution < 1.29 is 18.7 Å². The molecule has 0 saturated carbocycles. The summed E-state index contributed by atoms with van der Waals surface area (Å²) in [5.41, 5.74) is 0. The molecular weight excluding hydrogens is 328 g/mol. The molecule has 7 heteroatoms. The second-order valence-electron chi connectivity index (χ2n) is 2.17. The lowest BCUT2D eigenvalue weighted by molar-refractivity contribution is -0.115. The molecule has 0 unspecified atom stereocenters. The molecule has 0 aliphatic carbocycles. The average Bonchev–Trinajstić information content (AvgIpc) is 2.05. The maximum Gasteiger partial charge on any atom is 0.247 e. The van der Waals surface area contributed by atoms with E-state index in [0.29, 0.717) is 10.7 Å². The minimum atomic E-state index is -3.70. The quantitative estimate of drug-likeness (QED) is 0.772. The fraction of sp³-hybridized carbons (Fsp3) is 0.667. The van der Waals surface area contributed by atoms with E-state index in [0.717, 1.165) is 0 Å². The van der Waals surface area contributed by atoms with Crippen LogP contribution in [0.5, 0.6) is 0 Å². The lowest BCUT2D eigenvalue weighted by Gasteiger charge is -2.26. The van der Waals surface area contributed by atoms with Crippen molar-refractivity contribution in [2.45, 2.75) is 12.8 Å². The van der Waals surface area contributed by atoms with Crippen LogP contribution < -0.4 is 0 Å². The van der Waals surface area contributed by atoms with E-state index < -0.39 is 20.8 Å². The van der Waals surface area contributed by atoms with Gasteiger partial charge in [0.05, 0.1) is 0 Å².